The van der Waals surface area contributed by atoms with Crippen LogP contribution >= 0.6 is 0 Å². The highest BCUT2D eigenvalue weighted by atomic mass is 32.2. The van der Waals surface area contributed by atoms with Gasteiger partial charge in [-0.05, 0) is 30.3 Å². The number of methoxy groups -OCH3 is 1. The highest BCUT2D eigenvalue weighted by Gasteiger charge is 2.31. The predicted molar refractivity (Wildman–Crippen MR) is 114 cm³/mol. The number of carbonyl (C=O) groups is 1. The van der Waals surface area contributed by atoms with Crippen LogP contribution in [0.15, 0.2) is 48.5 Å². The first-order chi connectivity index (χ1) is 15.1. The summed E-state index contributed by atoms with van der Waals surface area (Å²) in [5.74, 6) is -0.389. The summed E-state index contributed by atoms with van der Waals surface area (Å²) in [4.78, 5) is 14.2. The minimum atomic E-state index is -4.56. The second-order valence-electron chi connectivity index (χ2n) is 7.21. The number of para-hydroxylation sites is 2. The number of hydrogen-bond acceptors (Lipinski definition) is 5. The second-order valence-corrected chi connectivity index (χ2v) is 9.30. The van der Waals surface area contributed by atoms with Crippen molar-refractivity contribution in [3.63, 3.8) is 0 Å². The van der Waals surface area contributed by atoms with E-state index < -0.39 is 27.7 Å². The highest BCUT2D eigenvalue weighted by molar-refractivity contribution is 7.89. The van der Waals surface area contributed by atoms with Crippen LogP contribution in [0.5, 0.6) is 5.75 Å². The van der Waals surface area contributed by atoms with E-state index in [2.05, 4.69) is 5.32 Å². The van der Waals surface area contributed by atoms with Crippen LogP contribution in [0, 0.1) is 0 Å². The molecule has 0 atom stereocenters. The maximum absolute atomic E-state index is 12.8. The van der Waals surface area contributed by atoms with E-state index in [0.717, 1.165) is 23.9 Å². The van der Waals surface area contributed by atoms with E-state index in [1.807, 2.05) is 29.2 Å². The molecule has 0 aromatic heterocycles. The monoisotopic (exact) mass is 471 g/mol. The lowest BCUT2D eigenvalue weighted by Gasteiger charge is -2.36. The van der Waals surface area contributed by atoms with Crippen LogP contribution in [0.4, 0.5) is 18.9 Å². The molecule has 0 aliphatic carbocycles. The van der Waals surface area contributed by atoms with E-state index in [9.17, 15) is 26.4 Å². The normalized spacial score (nSPS) is 15.4. The Morgan fingerprint density at radius 2 is 1.75 bits per heavy atom. The van der Waals surface area contributed by atoms with Crippen molar-refractivity contribution in [2.24, 2.45) is 0 Å². The van der Waals surface area contributed by atoms with Gasteiger partial charge in [0.2, 0.25) is 10.0 Å². The molecule has 0 unspecified atom stereocenters. The predicted octanol–water partition coefficient (Wildman–Crippen LogP) is 2.60. The Morgan fingerprint density at radius 1 is 1.06 bits per heavy atom. The molecule has 7 nitrogen and oxygen atoms in total. The number of alkyl halides is 3. The third kappa shape index (κ3) is 5.71. The standard InChI is InChI=1S/C21H24F3N3O4S/c1-31-19-8-3-2-7-18(19)26-10-12-27(13-11-26)32(29,30)14-9-25-20(28)16-5-4-6-17(15-16)21(22,23)24/h2-8,15H,9-14H2,1H3,(H,25,28). The smallest absolute Gasteiger partial charge is 0.416 e. The molecule has 32 heavy (non-hydrogen) atoms. The number of halogens is 3. The Labute approximate surface area is 184 Å². The largest absolute Gasteiger partial charge is 0.495 e. The van der Waals surface area contributed by atoms with Crippen LogP contribution in [-0.4, -0.2) is 64.2 Å². The van der Waals surface area contributed by atoms with Crippen LogP contribution in [0.25, 0.3) is 0 Å². The number of rotatable bonds is 7. The van der Waals surface area contributed by atoms with Gasteiger partial charge in [0.1, 0.15) is 5.75 Å². The third-order valence-electron chi connectivity index (χ3n) is 5.16. The zero-order valence-electron chi connectivity index (χ0n) is 17.4. The van der Waals surface area contributed by atoms with Crippen molar-refractivity contribution in [2.45, 2.75) is 6.18 Å². The number of sulfonamides is 1. The van der Waals surface area contributed by atoms with Gasteiger partial charge in [0.05, 0.1) is 24.1 Å². The quantitative estimate of drug-likeness (QED) is 0.672. The first-order valence-electron chi connectivity index (χ1n) is 9.93. The average molecular weight is 472 g/mol. The van der Waals surface area contributed by atoms with Gasteiger partial charge < -0.3 is 15.0 Å². The van der Waals surface area contributed by atoms with Crippen molar-refractivity contribution in [3.05, 3.63) is 59.7 Å². The molecule has 0 saturated carbocycles. The van der Waals surface area contributed by atoms with Gasteiger partial charge >= 0.3 is 6.18 Å². The number of anilines is 1. The Bertz CT molecular complexity index is 1050. The molecular weight excluding hydrogens is 447 g/mol. The minimum Gasteiger partial charge on any atom is -0.495 e. The Morgan fingerprint density at radius 3 is 2.41 bits per heavy atom. The molecule has 3 rings (SSSR count). The van der Waals surface area contributed by atoms with E-state index in [0.29, 0.717) is 18.8 Å². The van der Waals surface area contributed by atoms with Crippen molar-refractivity contribution in [1.29, 1.82) is 0 Å². The fourth-order valence-corrected chi connectivity index (χ4v) is 4.80. The lowest BCUT2D eigenvalue weighted by atomic mass is 10.1. The maximum Gasteiger partial charge on any atom is 0.416 e. The summed E-state index contributed by atoms with van der Waals surface area (Å²) >= 11 is 0. The number of piperazine rings is 1. The van der Waals surface area contributed by atoms with Crippen molar-refractivity contribution in [3.8, 4) is 5.75 Å². The molecule has 0 spiro atoms. The zero-order valence-corrected chi connectivity index (χ0v) is 18.2. The van der Waals surface area contributed by atoms with Crippen molar-refractivity contribution >= 4 is 21.6 Å². The first-order valence-corrected chi connectivity index (χ1v) is 11.5. The highest BCUT2D eigenvalue weighted by Crippen LogP contribution is 2.30. The number of amides is 1. The average Bonchev–Trinajstić information content (AvgIpc) is 2.78. The molecular formula is C21H24F3N3O4S. The van der Waals surface area contributed by atoms with E-state index in [4.69, 9.17) is 4.74 Å². The molecule has 2 aromatic rings. The molecule has 1 saturated heterocycles. The van der Waals surface area contributed by atoms with Gasteiger partial charge in [-0.1, -0.05) is 18.2 Å². The fraction of sp³-hybridized carbons (Fsp3) is 0.381. The number of carbonyl (C=O) groups excluding carboxylic acids is 1. The molecule has 1 aliphatic heterocycles. The van der Waals surface area contributed by atoms with Crippen molar-refractivity contribution in [1.82, 2.24) is 9.62 Å². The van der Waals surface area contributed by atoms with E-state index in [1.165, 1.54) is 10.4 Å². The van der Waals surface area contributed by atoms with Gasteiger partial charge in [-0.15, -0.1) is 0 Å². The molecule has 0 bridgehead atoms. The zero-order chi connectivity index (χ0) is 23.4. The lowest BCUT2D eigenvalue weighted by Crippen LogP contribution is -2.50. The number of nitrogens with zero attached hydrogens (tertiary/aromatic N) is 2. The van der Waals surface area contributed by atoms with Crippen molar-refractivity contribution < 1.29 is 31.1 Å². The van der Waals surface area contributed by atoms with E-state index >= 15 is 0 Å². The van der Waals surface area contributed by atoms with Gasteiger partial charge in [0.15, 0.2) is 0 Å². The maximum atomic E-state index is 12.8. The molecule has 1 heterocycles. The van der Waals surface area contributed by atoms with Crippen molar-refractivity contribution in [2.75, 3.05) is 50.5 Å². The van der Waals surface area contributed by atoms with Gasteiger partial charge in [-0.2, -0.15) is 17.5 Å². The van der Waals surface area contributed by atoms with Gasteiger partial charge in [0.25, 0.3) is 5.91 Å². The van der Waals surface area contributed by atoms with Gasteiger partial charge in [-0.3, -0.25) is 4.79 Å². The topological polar surface area (TPSA) is 79.0 Å². The summed E-state index contributed by atoms with van der Waals surface area (Å²) in [6.07, 6.45) is -4.56. The minimum absolute atomic E-state index is 0.178. The van der Waals surface area contributed by atoms with Crippen LogP contribution in [0.2, 0.25) is 0 Å². The summed E-state index contributed by atoms with van der Waals surface area (Å²) in [6.45, 7) is 1.32. The molecule has 1 fully saturated rings. The summed E-state index contributed by atoms with van der Waals surface area (Å²) < 4.78 is 70.4. The van der Waals surface area contributed by atoms with E-state index in [-0.39, 0.29) is 31.0 Å². The van der Waals surface area contributed by atoms with Crippen LogP contribution in [0.3, 0.4) is 0 Å². The number of hydrogen-bond donors (Lipinski definition) is 1. The molecule has 1 N–H and O–H groups in total. The summed E-state index contributed by atoms with van der Waals surface area (Å²) in [6, 6.07) is 11.5. The number of nitrogens with one attached hydrogen (secondary N) is 1. The molecule has 1 aliphatic rings. The number of ether oxygens (including phenoxy) is 1. The Balaban J connectivity index is 1.52. The van der Waals surface area contributed by atoms with Crippen LogP contribution in [-0.2, 0) is 16.2 Å². The van der Waals surface area contributed by atoms with Crippen LogP contribution in [0.1, 0.15) is 15.9 Å². The Hall–Kier alpha value is -2.79. The molecule has 1 amide bonds. The first kappa shape index (κ1) is 23.9. The molecule has 2 aromatic carbocycles. The summed E-state index contributed by atoms with van der Waals surface area (Å²) in [7, 11) is -2.06. The fourth-order valence-electron chi connectivity index (χ4n) is 3.46. The lowest BCUT2D eigenvalue weighted by molar-refractivity contribution is -0.137. The molecule has 174 valence electrons. The summed E-state index contributed by atoms with van der Waals surface area (Å²) in [5.41, 5.74) is -0.228. The Kier molecular flexibility index (Phi) is 7.29. The second kappa shape index (κ2) is 9.78. The van der Waals surface area contributed by atoms with Crippen LogP contribution < -0.4 is 15.0 Å². The third-order valence-corrected chi connectivity index (χ3v) is 7.03. The van der Waals surface area contributed by atoms with Gasteiger partial charge in [-0.25, -0.2) is 8.42 Å². The SMILES string of the molecule is COc1ccccc1N1CCN(S(=O)(=O)CCNC(=O)c2cccc(C(F)(F)F)c2)CC1. The molecule has 11 heteroatoms. The van der Waals surface area contributed by atoms with E-state index in [1.54, 1.807) is 7.11 Å². The summed E-state index contributed by atoms with van der Waals surface area (Å²) in [5, 5.41) is 2.38. The number of benzene rings is 2. The molecule has 0 radical (unpaired) electrons. The van der Waals surface area contributed by atoms with Gasteiger partial charge in [0, 0.05) is 38.3 Å².